The van der Waals surface area contributed by atoms with E-state index >= 15 is 0 Å². The lowest BCUT2D eigenvalue weighted by molar-refractivity contribution is -0.274. The van der Waals surface area contributed by atoms with Crippen molar-refractivity contribution < 1.29 is 32.3 Å². The van der Waals surface area contributed by atoms with E-state index < -0.39 is 30.1 Å². The second kappa shape index (κ2) is 10.4. The van der Waals surface area contributed by atoms with Gasteiger partial charge < -0.3 is 19.9 Å². The lowest BCUT2D eigenvalue weighted by Crippen LogP contribution is -2.52. The predicted octanol–water partition coefficient (Wildman–Crippen LogP) is 3.50. The zero-order valence-electron chi connectivity index (χ0n) is 19.0. The lowest BCUT2D eigenvalue weighted by atomic mass is 10.1. The number of rotatable bonds is 6. The van der Waals surface area contributed by atoms with E-state index in [2.05, 4.69) is 10.1 Å². The van der Waals surface area contributed by atoms with Crippen LogP contribution in [0.3, 0.4) is 0 Å². The molecule has 4 rings (SSSR count). The topological polar surface area (TPSA) is 79.0 Å². The molecule has 2 fully saturated rings. The van der Waals surface area contributed by atoms with Crippen LogP contribution in [0.2, 0.25) is 0 Å². The first kappa shape index (κ1) is 24.6. The monoisotopic (exact) mass is 489 g/mol. The molecule has 0 radical (unpaired) electrons. The van der Waals surface area contributed by atoms with E-state index in [0.29, 0.717) is 45.3 Å². The minimum Gasteiger partial charge on any atom is -0.406 e. The molecule has 7 nitrogen and oxygen atoms in total. The van der Waals surface area contributed by atoms with Gasteiger partial charge in [-0.15, -0.1) is 13.2 Å². The molecule has 2 aliphatic rings. The Morgan fingerprint density at radius 2 is 1.51 bits per heavy atom. The molecule has 0 saturated carbocycles. The fourth-order valence-electron chi connectivity index (χ4n) is 4.63. The molecule has 0 aromatic heterocycles. The van der Waals surface area contributed by atoms with Gasteiger partial charge in [-0.2, -0.15) is 0 Å². The third kappa shape index (κ3) is 5.93. The van der Waals surface area contributed by atoms with Gasteiger partial charge in [0.2, 0.25) is 11.8 Å². The molecule has 0 spiro atoms. The Morgan fingerprint density at radius 3 is 2.17 bits per heavy atom. The smallest absolute Gasteiger partial charge is 0.406 e. The Balaban J connectivity index is 1.40. The minimum absolute atomic E-state index is 0.165. The van der Waals surface area contributed by atoms with Crippen LogP contribution in [0.5, 0.6) is 5.75 Å². The molecule has 0 unspecified atom stereocenters. The zero-order valence-corrected chi connectivity index (χ0v) is 19.0. The number of nitrogens with zero attached hydrogens (tertiary/aromatic N) is 2. The van der Waals surface area contributed by atoms with Crippen LogP contribution < -0.4 is 10.1 Å². The molecule has 10 heteroatoms. The van der Waals surface area contributed by atoms with Crippen molar-refractivity contribution in [2.45, 2.75) is 50.7 Å². The molecular formula is C25H26F3N3O4. The molecule has 0 aliphatic carbocycles. The molecule has 1 N–H and O–H groups in total. The quantitative estimate of drug-likeness (QED) is 0.674. The average molecular weight is 489 g/mol. The predicted molar refractivity (Wildman–Crippen MR) is 120 cm³/mol. The maximum Gasteiger partial charge on any atom is 0.573 e. The third-order valence-electron chi connectivity index (χ3n) is 6.28. The number of carbonyl (C=O) groups is 3. The van der Waals surface area contributed by atoms with Gasteiger partial charge >= 0.3 is 6.36 Å². The van der Waals surface area contributed by atoms with E-state index in [-0.39, 0.29) is 17.4 Å². The van der Waals surface area contributed by atoms with Crippen molar-refractivity contribution in [3.8, 4) is 5.75 Å². The Labute approximate surface area is 200 Å². The van der Waals surface area contributed by atoms with Crippen molar-refractivity contribution in [3.05, 3.63) is 65.7 Å². The molecule has 2 saturated heterocycles. The van der Waals surface area contributed by atoms with Crippen molar-refractivity contribution in [3.63, 3.8) is 0 Å². The fourth-order valence-corrected chi connectivity index (χ4v) is 4.63. The minimum atomic E-state index is -4.82. The van der Waals surface area contributed by atoms with Crippen LogP contribution in [0.1, 0.15) is 41.6 Å². The number of alkyl halides is 3. The Hall–Kier alpha value is -3.56. The number of benzene rings is 2. The highest BCUT2D eigenvalue weighted by Gasteiger charge is 2.42. The first-order chi connectivity index (χ1) is 16.7. The van der Waals surface area contributed by atoms with Gasteiger partial charge in [0.15, 0.2) is 0 Å². The van der Waals surface area contributed by atoms with Crippen molar-refractivity contribution in [1.82, 2.24) is 15.1 Å². The number of hydrogen-bond donors (Lipinski definition) is 1. The summed E-state index contributed by atoms with van der Waals surface area (Å²) in [6, 6.07) is 12.8. The average Bonchev–Trinajstić information content (AvgIpc) is 3.52. The number of hydrogen-bond acceptors (Lipinski definition) is 4. The highest BCUT2D eigenvalue weighted by Crippen LogP contribution is 2.28. The first-order valence-corrected chi connectivity index (χ1v) is 11.5. The summed E-state index contributed by atoms with van der Waals surface area (Å²) in [7, 11) is 0. The zero-order chi connectivity index (χ0) is 25.0. The lowest BCUT2D eigenvalue weighted by Gasteiger charge is -2.31. The van der Waals surface area contributed by atoms with E-state index in [1.165, 1.54) is 17.0 Å². The molecule has 186 valence electrons. The second-order valence-corrected chi connectivity index (χ2v) is 8.62. The van der Waals surface area contributed by atoms with Crippen LogP contribution in [0.15, 0.2) is 54.6 Å². The van der Waals surface area contributed by atoms with E-state index in [4.69, 9.17) is 0 Å². The first-order valence-electron chi connectivity index (χ1n) is 11.5. The normalized spacial score (nSPS) is 20.1. The summed E-state index contributed by atoms with van der Waals surface area (Å²) in [6.07, 6.45) is -2.49. The summed E-state index contributed by atoms with van der Waals surface area (Å²) in [5.41, 5.74) is 1.12. The van der Waals surface area contributed by atoms with Crippen LogP contribution in [-0.2, 0) is 16.1 Å². The number of ether oxygens (including phenoxy) is 1. The number of likely N-dealkylation sites (tertiary alicyclic amines) is 2. The van der Waals surface area contributed by atoms with Gasteiger partial charge in [0.1, 0.15) is 17.8 Å². The van der Waals surface area contributed by atoms with Crippen molar-refractivity contribution >= 4 is 17.7 Å². The summed E-state index contributed by atoms with van der Waals surface area (Å²) in [5.74, 6) is -1.37. The van der Waals surface area contributed by atoms with E-state index in [0.717, 1.165) is 17.7 Å². The van der Waals surface area contributed by atoms with Crippen molar-refractivity contribution in [1.29, 1.82) is 0 Å². The molecule has 0 bridgehead atoms. The van der Waals surface area contributed by atoms with Crippen LogP contribution in [-0.4, -0.2) is 59.1 Å². The Kier molecular flexibility index (Phi) is 7.28. The van der Waals surface area contributed by atoms with Crippen LogP contribution >= 0.6 is 0 Å². The highest BCUT2D eigenvalue weighted by molar-refractivity contribution is 5.99. The molecule has 3 amide bonds. The molecule has 35 heavy (non-hydrogen) atoms. The highest BCUT2D eigenvalue weighted by atomic mass is 19.4. The Morgan fingerprint density at radius 1 is 0.886 bits per heavy atom. The molecule has 2 aromatic carbocycles. The SMILES string of the molecule is O=C(NCc1ccccc1)[C@@H]1CCCN1C(=O)[C@H]1CCCN1C(=O)c1ccc(OC(F)(F)F)cc1. The van der Waals surface area contributed by atoms with Gasteiger partial charge in [-0.1, -0.05) is 30.3 Å². The molecule has 2 heterocycles. The van der Waals surface area contributed by atoms with E-state index in [9.17, 15) is 27.6 Å². The summed E-state index contributed by atoms with van der Waals surface area (Å²) >= 11 is 0. The Bertz CT molecular complexity index is 1060. The second-order valence-electron chi connectivity index (χ2n) is 8.62. The number of nitrogens with one attached hydrogen (secondary N) is 1. The van der Waals surface area contributed by atoms with Crippen LogP contribution in [0.25, 0.3) is 0 Å². The van der Waals surface area contributed by atoms with Gasteiger partial charge in [0, 0.05) is 25.2 Å². The van der Waals surface area contributed by atoms with Crippen LogP contribution in [0, 0.1) is 0 Å². The van der Waals surface area contributed by atoms with Crippen LogP contribution in [0.4, 0.5) is 13.2 Å². The summed E-state index contributed by atoms with van der Waals surface area (Å²) in [4.78, 5) is 42.3. The maximum absolute atomic E-state index is 13.4. The number of carbonyl (C=O) groups excluding carboxylic acids is 3. The standard InChI is InChI=1S/C25H26F3N3O4/c26-25(27,28)35-19-12-10-18(11-13-19)23(33)31-15-5-9-21(31)24(34)30-14-4-8-20(30)22(32)29-16-17-6-2-1-3-7-17/h1-3,6-7,10-13,20-21H,4-5,8-9,14-16H2,(H,29,32)/t20-,21+/m0/s1. The summed E-state index contributed by atoms with van der Waals surface area (Å²) < 4.78 is 41.0. The third-order valence-corrected chi connectivity index (χ3v) is 6.28. The van der Waals surface area contributed by atoms with Gasteiger partial charge in [0.25, 0.3) is 5.91 Å². The van der Waals surface area contributed by atoms with E-state index in [1.807, 2.05) is 30.3 Å². The molecule has 2 aliphatic heterocycles. The maximum atomic E-state index is 13.4. The number of amides is 3. The number of halogens is 3. The fraction of sp³-hybridized carbons (Fsp3) is 0.400. The molecular weight excluding hydrogens is 463 g/mol. The van der Waals surface area contributed by atoms with Gasteiger partial charge in [-0.3, -0.25) is 14.4 Å². The van der Waals surface area contributed by atoms with Crippen molar-refractivity contribution in [2.24, 2.45) is 0 Å². The summed E-state index contributed by atoms with van der Waals surface area (Å²) in [6.45, 7) is 1.15. The molecule has 2 atom stereocenters. The summed E-state index contributed by atoms with van der Waals surface area (Å²) in [5, 5.41) is 2.89. The van der Waals surface area contributed by atoms with E-state index in [1.54, 1.807) is 4.90 Å². The van der Waals surface area contributed by atoms with Crippen molar-refractivity contribution in [2.75, 3.05) is 13.1 Å². The molecule has 2 aromatic rings. The largest absolute Gasteiger partial charge is 0.573 e. The van der Waals surface area contributed by atoms with Gasteiger partial charge in [-0.05, 0) is 55.5 Å². The van der Waals surface area contributed by atoms with Gasteiger partial charge in [-0.25, -0.2) is 0 Å². The van der Waals surface area contributed by atoms with Gasteiger partial charge in [0.05, 0.1) is 0 Å².